The molecule has 5 rings (SSSR count). The molecule has 4 aromatic carbocycles. The Morgan fingerprint density at radius 1 is 1.02 bits per heavy atom. The smallest absolute Gasteiger partial charge is 0.416 e. The SMILES string of the molecule is CN(C(=O)COc1nc2ccccc2s1)c1ccccc1.O=C(O)c1cc(Oc2ccc(C(F)(F)F)cc2Cl)ccc1[N+](=O)[O-]. The zero-order valence-electron chi connectivity index (χ0n) is 23.0. The first-order valence-electron chi connectivity index (χ1n) is 12.7. The normalized spacial score (nSPS) is 10.9. The summed E-state index contributed by atoms with van der Waals surface area (Å²) in [5.74, 6) is -1.94. The van der Waals surface area contributed by atoms with Gasteiger partial charge in [0.2, 0.25) is 0 Å². The van der Waals surface area contributed by atoms with E-state index in [1.54, 1.807) is 11.9 Å². The molecule has 0 aliphatic heterocycles. The maximum absolute atomic E-state index is 12.6. The Labute approximate surface area is 262 Å². The number of carbonyl (C=O) groups excluding carboxylic acids is 1. The highest BCUT2D eigenvalue weighted by atomic mass is 35.5. The van der Waals surface area contributed by atoms with E-state index in [-0.39, 0.29) is 29.0 Å². The van der Waals surface area contributed by atoms with Crippen molar-refractivity contribution in [1.82, 2.24) is 4.98 Å². The number of para-hydroxylation sites is 2. The minimum Gasteiger partial charge on any atom is -0.477 e. The number of amides is 1. The van der Waals surface area contributed by atoms with Crippen molar-refractivity contribution in [3.05, 3.63) is 117 Å². The lowest BCUT2D eigenvalue weighted by atomic mass is 10.1. The van der Waals surface area contributed by atoms with Crippen molar-refractivity contribution >= 4 is 56.4 Å². The number of fused-ring (bicyclic) bond motifs is 1. The van der Waals surface area contributed by atoms with Crippen LogP contribution in [0.15, 0.2) is 91.0 Å². The zero-order valence-corrected chi connectivity index (χ0v) is 24.6. The maximum atomic E-state index is 12.6. The molecule has 1 amide bonds. The van der Waals surface area contributed by atoms with Crippen LogP contribution in [0.1, 0.15) is 15.9 Å². The monoisotopic (exact) mass is 659 g/mol. The minimum atomic E-state index is -4.58. The molecule has 1 heterocycles. The lowest BCUT2D eigenvalue weighted by molar-refractivity contribution is -0.385. The largest absolute Gasteiger partial charge is 0.477 e. The molecule has 0 saturated carbocycles. The lowest BCUT2D eigenvalue weighted by Crippen LogP contribution is -2.31. The average molecular weight is 660 g/mol. The summed E-state index contributed by atoms with van der Waals surface area (Å²) in [6, 6.07) is 22.5. The number of hydrogen-bond donors (Lipinski definition) is 1. The molecule has 45 heavy (non-hydrogen) atoms. The first kappa shape index (κ1) is 32.7. The third kappa shape index (κ3) is 8.46. The Bertz CT molecular complexity index is 1820. The molecule has 0 aliphatic rings. The van der Waals surface area contributed by atoms with Crippen LogP contribution in [0, 0.1) is 10.1 Å². The van der Waals surface area contributed by atoms with Crippen molar-refractivity contribution in [2.75, 3.05) is 18.6 Å². The number of halogens is 4. The Morgan fingerprint density at radius 2 is 1.71 bits per heavy atom. The average Bonchev–Trinajstić information content (AvgIpc) is 3.44. The fourth-order valence-electron chi connectivity index (χ4n) is 3.72. The van der Waals surface area contributed by atoms with Crippen LogP contribution in [0.5, 0.6) is 16.7 Å². The van der Waals surface area contributed by atoms with E-state index in [2.05, 4.69) is 4.98 Å². The van der Waals surface area contributed by atoms with E-state index in [9.17, 15) is 32.9 Å². The molecule has 0 fully saturated rings. The fourth-order valence-corrected chi connectivity index (χ4v) is 4.76. The molecule has 0 saturated heterocycles. The van der Waals surface area contributed by atoms with E-state index in [0.717, 1.165) is 46.2 Å². The highest BCUT2D eigenvalue weighted by Crippen LogP contribution is 2.37. The zero-order chi connectivity index (χ0) is 32.7. The first-order valence-corrected chi connectivity index (χ1v) is 13.9. The van der Waals surface area contributed by atoms with Crippen molar-refractivity contribution in [3.8, 4) is 16.7 Å². The minimum absolute atomic E-state index is 0.0226. The molecule has 0 radical (unpaired) electrons. The van der Waals surface area contributed by atoms with Gasteiger partial charge in [-0.2, -0.15) is 13.2 Å². The van der Waals surface area contributed by atoms with Gasteiger partial charge in [0, 0.05) is 24.9 Å². The summed E-state index contributed by atoms with van der Waals surface area (Å²) in [6.45, 7) is -0.0226. The fraction of sp³-hybridized carbons (Fsp3) is 0.100. The van der Waals surface area contributed by atoms with Gasteiger partial charge in [-0.25, -0.2) is 9.78 Å². The summed E-state index contributed by atoms with van der Waals surface area (Å²) in [7, 11) is 1.74. The molecule has 0 unspecified atom stereocenters. The van der Waals surface area contributed by atoms with Crippen LogP contribution in [0.3, 0.4) is 0 Å². The number of carboxylic acid groups (broad SMARTS) is 1. The van der Waals surface area contributed by atoms with Crippen LogP contribution >= 0.6 is 22.9 Å². The number of nitrogens with zero attached hydrogens (tertiary/aromatic N) is 3. The number of ether oxygens (including phenoxy) is 2. The third-order valence-corrected chi connectivity index (χ3v) is 7.24. The van der Waals surface area contributed by atoms with Gasteiger partial charge in [-0.3, -0.25) is 14.9 Å². The number of nitro benzene ring substituents is 1. The van der Waals surface area contributed by atoms with Crippen molar-refractivity contribution in [3.63, 3.8) is 0 Å². The van der Waals surface area contributed by atoms with Gasteiger partial charge in [-0.15, -0.1) is 0 Å². The number of aromatic nitrogens is 1. The van der Waals surface area contributed by atoms with E-state index in [4.69, 9.17) is 26.2 Å². The van der Waals surface area contributed by atoms with Crippen molar-refractivity contribution in [2.45, 2.75) is 6.18 Å². The maximum Gasteiger partial charge on any atom is 0.416 e. The quantitative estimate of drug-likeness (QED) is 0.131. The van der Waals surface area contributed by atoms with Crippen molar-refractivity contribution < 1.29 is 42.3 Å². The number of aromatic carboxylic acids is 1. The van der Waals surface area contributed by atoms with Gasteiger partial charge in [-0.1, -0.05) is 53.3 Å². The van der Waals surface area contributed by atoms with Crippen LogP contribution in [-0.2, 0) is 11.0 Å². The molecular weight excluding hydrogens is 639 g/mol. The number of carboxylic acids is 1. The number of benzene rings is 4. The van der Waals surface area contributed by atoms with E-state index in [0.29, 0.717) is 11.3 Å². The second kappa shape index (κ2) is 14.1. The van der Waals surface area contributed by atoms with Crippen LogP contribution in [0.4, 0.5) is 24.5 Å². The van der Waals surface area contributed by atoms with Gasteiger partial charge < -0.3 is 19.5 Å². The number of rotatable bonds is 8. The van der Waals surface area contributed by atoms with E-state index in [1.807, 2.05) is 54.6 Å². The van der Waals surface area contributed by atoms with Crippen molar-refractivity contribution in [2.24, 2.45) is 0 Å². The molecule has 232 valence electrons. The Balaban J connectivity index is 0.000000206. The predicted octanol–water partition coefficient (Wildman–Crippen LogP) is 8.10. The number of nitro groups is 1. The summed E-state index contributed by atoms with van der Waals surface area (Å²) in [5.41, 5.74) is -0.513. The topological polar surface area (TPSA) is 132 Å². The van der Waals surface area contributed by atoms with Crippen LogP contribution in [-0.4, -0.2) is 40.5 Å². The Kier molecular flexibility index (Phi) is 10.2. The van der Waals surface area contributed by atoms with E-state index in [1.165, 1.54) is 11.3 Å². The predicted molar refractivity (Wildman–Crippen MR) is 162 cm³/mol. The molecule has 0 bridgehead atoms. The molecule has 0 aliphatic carbocycles. The standard InChI is InChI=1S/C16H14N2O2S.C14H7ClF3NO5/c1-18(12-7-3-2-4-8-12)15(19)11-20-16-17-13-9-5-6-10-14(13)21-16;15-10-5-7(14(16,17)18)1-4-12(10)24-8-2-3-11(19(22)23)9(6-8)13(20)21/h2-10H,11H2,1H3;1-6H,(H,20,21). The van der Waals surface area contributed by atoms with Crippen LogP contribution < -0.4 is 14.4 Å². The molecule has 10 nitrogen and oxygen atoms in total. The van der Waals surface area contributed by atoms with Crippen molar-refractivity contribution in [1.29, 1.82) is 0 Å². The number of alkyl halides is 3. The molecule has 5 aromatic rings. The molecule has 1 aromatic heterocycles. The highest BCUT2D eigenvalue weighted by molar-refractivity contribution is 7.20. The number of hydrogen-bond acceptors (Lipinski definition) is 8. The second-order valence-corrected chi connectivity index (χ2v) is 10.4. The molecular formula is C30H21ClF3N3O7S. The number of thiazole rings is 1. The molecule has 1 N–H and O–H groups in total. The lowest BCUT2D eigenvalue weighted by Gasteiger charge is -2.16. The number of anilines is 1. The van der Waals surface area contributed by atoms with E-state index >= 15 is 0 Å². The van der Waals surface area contributed by atoms with Gasteiger partial charge in [0.25, 0.3) is 16.8 Å². The Morgan fingerprint density at radius 3 is 2.33 bits per heavy atom. The van der Waals surface area contributed by atoms with Gasteiger partial charge in [0.15, 0.2) is 6.61 Å². The number of carbonyl (C=O) groups is 2. The van der Waals surface area contributed by atoms with Gasteiger partial charge in [0.1, 0.15) is 17.1 Å². The Hall–Kier alpha value is -5.21. The summed E-state index contributed by atoms with van der Waals surface area (Å²) < 4.78 is 49.5. The van der Waals surface area contributed by atoms with Gasteiger partial charge in [-0.05, 0) is 48.5 Å². The summed E-state index contributed by atoms with van der Waals surface area (Å²) in [6.07, 6.45) is -4.58. The van der Waals surface area contributed by atoms with Gasteiger partial charge in [0.05, 0.1) is 25.7 Å². The number of likely N-dealkylation sites (N-methyl/N-ethyl adjacent to an activating group) is 1. The second-order valence-electron chi connectivity index (χ2n) is 9.01. The summed E-state index contributed by atoms with van der Waals surface area (Å²) >= 11 is 7.16. The molecule has 15 heteroatoms. The molecule has 0 spiro atoms. The summed E-state index contributed by atoms with van der Waals surface area (Å²) in [4.78, 5) is 38.9. The highest BCUT2D eigenvalue weighted by Gasteiger charge is 2.31. The third-order valence-electron chi connectivity index (χ3n) is 5.99. The van der Waals surface area contributed by atoms with E-state index < -0.39 is 33.9 Å². The van der Waals surface area contributed by atoms with Crippen LogP contribution in [0.2, 0.25) is 5.02 Å². The van der Waals surface area contributed by atoms with Crippen LogP contribution in [0.25, 0.3) is 10.2 Å². The molecule has 0 atom stereocenters. The van der Waals surface area contributed by atoms with Gasteiger partial charge >= 0.3 is 12.1 Å². The first-order chi connectivity index (χ1) is 21.3. The summed E-state index contributed by atoms with van der Waals surface area (Å²) in [5, 5.41) is 19.9.